The van der Waals surface area contributed by atoms with E-state index in [-0.39, 0.29) is 0 Å². The SMILES string of the molecule is CC(C)c1ccc(SCCOc2ccc(C#N)cc2)cc1. The predicted octanol–water partition coefficient (Wildman–Crippen LogP) is 4.85. The number of ether oxygens (including phenoxy) is 1. The van der Waals surface area contributed by atoms with E-state index in [2.05, 4.69) is 44.2 Å². The molecule has 0 atom stereocenters. The summed E-state index contributed by atoms with van der Waals surface area (Å²) in [7, 11) is 0. The monoisotopic (exact) mass is 297 g/mol. The van der Waals surface area contributed by atoms with E-state index in [1.807, 2.05) is 12.1 Å². The van der Waals surface area contributed by atoms with Gasteiger partial charge in [-0.1, -0.05) is 26.0 Å². The predicted molar refractivity (Wildman–Crippen MR) is 87.9 cm³/mol. The van der Waals surface area contributed by atoms with Crippen molar-refractivity contribution in [2.45, 2.75) is 24.7 Å². The summed E-state index contributed by atoms with van der Waals surface area (Å²) in [4.78, 5) is 1.27. The molecular formula is C18H19NOS. The van der Waals surface area contributed by atoms with Gasteiger partial charge in [-0.05, 0) is 47.9 Å². The first-order valence-corrected chi connectivity index (χ1v) is 8.03. The summed E-state index contributed by atoms with van der Waals surface area (Å²) in [6.07, 6.45) is 0. The molecule has 2 nitrogen and oxygen atoms in total. The van der Waals surface area contributed by atoms with Crippen molar-refractivity contribution in [2.24, 2.45) is 0 Å². The number of nitrogens with zero attached hydrogens (tertiary/aromatic N) is 1. The molecule has 0 spiro atoms. The van der Waals surface area contributed by atoms with Gasteiger partial charge in [0, 0.05) is 10.6 Å². The Hall–Kier alpha value is -1.92. The van der Waals surface area contributed by atoms with Gasteiger partial charge in [0.15, 0.2) is 0 Å². The minimum absolute atomic E-state index is 0.573. The zero-order valence-electron chi connectivity index (χ0n) is 12.4. The lowest BCUT2D eigenvalue weighted by Gasteiger charge is -2.08. The summed E-state index contributed by atoms with van der Waals surface area (Å²) in [6, 6.07) is 18.0. The smallest absolute Gasteiger partial charge is 0.119 e. The van der Waals surface area contributed by atoms with Crippen LogP contribution in [0.2, 0.25) is 0 Å². The van der Waals surface area contributed by atoms with Gasteiger partial charge in [-0.2, -0.15) is 5.26 Å². The highest BCUT2D eigenvalue weighted by atomic mass is 32.2. The molecule has 3 heteroatoms. The lowest BCUT2D eigenvalue weighted by Crippen LogP contribution is -2.00. The van der Waals surface area contributed by atoms with Crippen LogP contribution in [0.3, 0.4) is 0 Å². The molecule has 0 N–H and O–H groups in total. The Kier molecular flexibility index (Phi) is 5.71. The van der Waals surface area contributed by atoms with Crippen LogP contribution < -0.4 is 4.74 Å². The van der Waals surface area contributed by atoms with Crippen LogP contribution in [0.25, 0.3) is 0 Å². The maximum absolute atomic E-state index is 8.73. The van der Waals surface area contributed by atoms with E-state index in [1.165, 1.54) is 10.5 Å². The van der Waals surface area contributed by atoms with Gasteiger partial charge in [-0.25, -0.2) is 0 Å². The van der Waals surface area contributed by atoms with Gasteiger partial charge in [-0.3, -0.25) is 0 Å². The maximum atomic E-state index is 8.73. The molecule has 0 heterocycles. The van der Waals surface area contributed by atoms with Gasteiger partial charge in [0.25, 0.3) is 0 Å². The Labute approximate surface area is 130 Å². The Morgan fingerprint density at radius 3 is 2.29 bits per heavy atom. The summed E-state index contributed by atoms with van der Waals surface area (Å²) >= 11 is 1.79. The van der Waals surface area contributed by atoms with E-state index < -0.39 is 0 Å². The second-order valence-corrected chi connectivity index (χ2v) is 6.23. The first-order valence-electron chi connectivity index (χ1n) is 7.05. The second-order valence-electron chi connectivity index (χ2n) is 5.06. The second kappa shape index (κ2) is 7.75. The lowest BCUT2D eigenvalue weighted by atomic mass is 10.0. The van der Waals surface area contributed by atoms with Crippen LogP contribution in [0.1, 0.15) is 30.9 Å². The maximum Gasteiger partial charge on any atom is 0.119 e. The fourth-order valence-electron chi connectivity index (χ4n) is 1.89. The quantitative estimate of drug-likeness (QED) is 0.564. The molecule has 2 aromatic carbocycles. The molecule has 21 heavy (non-hydrogen) atoms. The summed E-state index contributed by atoms with van der Waals surface area (Å²) in [5, 5.41) is 8.73. The van der Waals surface area contributed by atoms with Crippen molar-refractivity contribution >= 4 is 11.8 Å². The van der Waals surface area contributed by atoms with Gasteiger partial charge < -0.3 is 4.74 Å². The average molecular weight is 297 g/mol. The zero-order valence-corrected chi connectivity index (χ0v) is 13.2. The molecule has 0 aliphatic carbocycles. The van der Waals surface area contributed by atoms with Crippen molar-refractivity contribution in [1.29, 1.82) is 5.26 Å². The summed E-state index contributed by atoms with van der Waals surface area (Å²) in [6.45, 7) is 5.06. The van der Waals surface area contributed by atoms with Crippen molar-refractivity contribution in [1.82, 2.24) is 0 Å². The summed E-state index contributed by atoms with van der Waals surface area (Å²) in [5.41, 5.74) is 2.02. The van der Waals surface area contributed by atoms with Gasteiger partial charge in [0.1, 0.15) is 5.75 Å². The van der Waals surface area contributed by atoms with Crippen LogP contribution in [0.4, 0.5) is 0 Å². The molecule has 0 fully saturated rings. The first-order chi connectivity index (χ1) is 10.2. The molecule has 0 aliphatic rings. The van der Waals surface area contributed by atoms with Gasteiger partial charge in [0.2, 0.25) is 0 Å². The minimum atomic E-state index is 0.573. The third-order valence-corrected chi connectivity index (χ3v) is 4.13. The van der Waals surface area contributed by atoms with Crippen LogP contribution in [-0.4, -0.2) is 12.4 Å². The van der Waals surface area contributed by atoms with Crippen LogP contribution in [-0.2, 0) is 0 Å². The molecule has 0 aromatic heterocycles. The van der Waals surface area contributed by atoms with E-state index in [0.717, 1.165) is 11.5 Å². The number of nitriles is 1. The van der Waals surface area contributed by atoms with Gasteiger partial charge >= 0.3 is 0 Å². The normalized spacial score (nSPS) is 10.4. The number of thioether (sulfide) groups is 1. The number of hydrogen-bond donors (Lipinski definition) is 0. The number of hydrogen-bond acceptors (Lipinski definition) is 3. The Morgan fingerprint density at radius 2 is 1.71 bits per heavy atom. The lowest BCUT2D eigenvalue weighted by molar-refractivity contribution is 0.344. The van der Waals surface area contributed by atoms with Crippen LogP contribution in [0.15, 0.2) is 53.4 Å². The van der Waals surface area contributed by atoms with E-state index in [0.29, 0.717) is 18.1 Å². The van der Waals surface area contributed by atoms with Gasteiger partial charge in [-0.15, -0.1) is 11.8 Å². The Balaban J connectivity index is 1.75. The molecule has 0 radical (unpaired) electrons. The highest BCUT2D eigenvalue weighted by molar-refractivity contribution is 7.99. The number of rotatable bonds is 6. The molecular weight excluding hydrogens is 278 g/mol. The summed E-state index contributed by atoms with van der Waals surface area (Å²) in [5.74, 6) is 2.29. The van der Waals surface area contributed by atoms with Crippen molar-refractivity contribution < 1.29 is 4.74 Å². The molecule has 0 saturated heterocycles. The van der Waals surface area contributed by atoms with Crippen molar-refractivity contribution in [3.63, 3.8) is 0 Å². The molecule has 0 aliphatic heterocycles. The Bertz CT molecular complexity index is 597. The van der Waals surface area contributed by atoms with Crippen LogP contribution in [0.5, 0.6) is 5.75 Å². The third-order valence-electron chi connectivity index (χ3n) is 3.15. The van der Waals surface area contributed by atoms with Crippen LogP contribution >= 0.6 is 11.8 Å². The average Bonchev–Trinajstić information content (AvgIpc) is 2.52. The fourth-order valence-corrected chi connectivity index (χ4v) is 2.62. The minimum Gasteiger partial charge on any atom is -0.493 e. The molecule has 0 saturated carbocycles. The highest BCUT2D eigenvalue weighted by Crippen LogP contribution is 2.22. The largest absolute Gasteiger partial charge is 0.493 e. The number of benzene rings is 2. The standard InChI is InChI=1S/C18H19NOS/c1-14(2)16-5-9-18(10-6-16)21-12-11-20-17-7-3-15(13-19)4-8-17/h3-10,14H,11-12H2,1-2H3. The summed E-state index contributed by atoms with van der Waals surface area (Å²) < 4.78 is 5.66. The van der Waals surface area contributed by atoms with Gasteiger partial charge in [0.05, 0.1) is 18.2 Å². The molecule has 108 valence electrons. The Morgan fingerprint density at radius 1 is 1.05 bits per heavy atom. The first kappa shape index (κ1) is 15.5. The van der Waals surface area contributed by atoms with E-state index in [1.54, 1.807) is 23.9 Å². The van der Waals surface area contributed by atoms with Crippen molar-refractivity contribution in [2.75, 3.05) is 12.4 Å². The highest BCUT2D eigenvalue weighted by Gasteiger charge is 2.00. The van der Waals surface area contributed by atoms with E-state index >= 15 is 0 Å². The third kappa shape index (κ3) is 4.84. The molecule has 0 unspecified atom stereocenters. The van der Waals surface area contributed by atoms with E-state index in [9.17, 15) is 0 Å². The zero-order chi connectivity index (χ0) is 15.1. The molecule has 0 amide bonds. The molecule has 2 aromatic rings. The van der Waals surface area contributed by atoms with E-state index in [4.69, 9.17) is 10.00 Å². The molecule has 2 rings (SSSR count). The van der Waals surface area contributed by atoms with Crippen molar-refractivity contribution in [3.05, 3.63) is 59.7 Å². The van der Waals surface area contributed by atoms with Crippen LogP contribution in [0, 0.1) is 11.3 Å². The topological polar surface area (TPSA) is 33.0 Å². The fraction of sp³-hybridized carbons (Fsp3) is 0.278. The molecule has 0 bridgehead atoms. The van der Waals surface area contributed by atoms with Crippen molar-refractivity contribution in [3.8, 4) is 11.8 Å².